The molecule has 0 amide bonds. The number of fused-ring (bicyclic) bond motifs is 1. The summed E-state index contributed by atoms with van der Waals surface area (Å²) in [7, 11) is 1.56. The van der Waals surface area contributed by atoms with Gasteiger partial charge in [-0.05, 0) is 30.5 Å². The number of phenols is 1. The number of rotatable bonds is 5. The smallest absolute Gasteiger partial charge is 0.163 e. The van der Waals surface area contributed by atoms with Crippen molar-refractivity contribution in [2.75, 3.05) is 51.4 Å². The van der Waals surface area contributed by atoms with E-state index in [0.717, 1.165) is 81.2 Å². The summed E-state index contributed by atoms with van der Waals surface area (Å²) < 4.78 is 12.7. The SMILES string of the molecule is COc1ccc(CN2CCC(n3ncc4c(N5CCOCC5)ncnc43)CC2)cc1O. The maximum atomic E-state index is 10.0. The highest BCUT2D eigenvalue weighted by Crippen LogP contribution is 2.31. The predicted molar refractivity (Wildman–Crippen MR) is 117 cm³/mol. The molecule has 5 rings (SSSR count). The van der Waals surface area contributed by atoms with Gasteiger partial charge in [0, 0.05) is 32.7 Å². The lowest BCUT2D eigenvalue weighted by molar-refractivity contribution is 0.122. The lowest BCUT2D eigenvalue weighted by atomic mass is 10.0. The lowest BCUT2D eigenvalue weighted by Gasteiger charge is -2.32. The molecule has 0 atom stereocenters. The molecular formula is C22H28N6O3. The number of morpholine rings is 1. The number of anilines is 1. The van der Waals surface area contributed by atoms with Crippen LogP contribution in [0.15, 0.2) is 30.7 Å². The van der Waals surface area contributed by atoms with Gasteiger partial charge in [-0.2, -0.15) is 5.10 Å². The van der Waals surface area contributed by atoms with E-state index in [4.69, 9.17) is 14.6 Å². The molecular weight excluding hydrogens is 396 g/mol. The van der Waals surface area contributed by atoms with Gasteiger partial charge in [-0.15, -0.1) is 0 Å². The first kappa shape index (κ1) is 20.0. The fourth-order valence-corrected chi connectivity index (χ4v) is 4.56. The van der Waals surface area contributed by atoms with Gasteiger partial charge in [0.1, 0.15) is 12.1 Å². The zero-order valence-corrected chi connectivity index (χ0v) is 17.8. The Kier molecular flexibility index (Phi) is 5.61. The second-order valence-electron chi connectivity index (χ2n) is 8.14. The Morgan fingerprint density at radius 1 is 1.13 bits per heavy atom. The molecule has 4 heterocycles. The van der Waals surface area contributed by atoms with E-state index < -0.39 is 0 Å². The second kappa shape index (κ2) is 8.68. The van der Waals surface area contributed by atoms with Gasteiger partial charge in [-0.1, -0.05) is 6.07 Å². The molecule has 0 saturated carbocycles. The van der Waals surface area contributed by atoms with E-state index in [-0.39, 0.29) is 5.75 Å². The maximum Gasteiger partial charge on any atom is 0.163 e. The Morgan fingerprint density at radius 3 is 2.68 bits per heavy atom. The summed E-state index contributed by atoms with van der Waals surface area (Å²) in [6.07, 6.45) is 5.58. The van der Waals surface area contributed by atoms with Crippen molar-refractivity contribution in [3.8, 4) is 11.5 Å². The predicted octanol–water partition coefficient (Wildman–Crippen LogP) is 2.21. The van der Waals surface area contributed by atoms with E-state index in [1.54, 1.807) is 19.5 Å². The fourth-order valence-electron chi connectivity index (χ4n) is 4.56. The topological polar surface area (TPSA) is 88.8 Å². The zero-order valence-electron chi connectivity index (χ0n) is 17.8. The molecule has 9 heteroatoms. The molecule has 9 nitrogen and oxygen atoms in total. The van der Waals surface area contributed by atoms with Crippen molar-refractivity contribution in [1.82, 2.24) is 24.6 Å². The fraction of sp³-hybridized carbons (Fsp3) is 0.500. The molecule has 0 bridgehead atoms. The van der Waals surface area contributed by atoms with Gasteiger partial charge in [-0.3, -0.25) is 4.90 Å². The van der Waals surface area contributed by atoms with Gasteiger partial charge in [-0.25, -0.2) is 14.6 Å². The highest BCUT2D eigenvalue weighted by atomic mass is 16.5. The first-order chi connectivity index (χ1) is 15.2. The molecule has 3 aromatic rings. The number of likely N-dealkylation sites (tertiary alicyclic amines) is 1. The molecule has 2 saturated heterocycles. The zero-order chi connectivity index (χ0) is 21.2. The summed E-state index contributed by atoms with van der Waals surface area (Å²) in [6, 6.07) is 5.94. The van der Waals surface area contributed by atoms with Crippen LogP contribution in [0.1, 0.15) is 24.4 Å². The van der Waals surface area contributed by atoms with Crippen LogP contribution in [0.5, 0.6) is 11.5 Å². The van der Waals surface area contributed by atoms with Crippen molar-refractivity contribution in [1.29, 1.82) is 0 Å². The van der Waals surface area contributed by atoms with Crippen LogP contribution in [0.25, 0.3) is 11.0 Å². The van der Waals surface area contributed by atoms with Crippen LogP contribution in [0, 0.1) is 0 Å². The normalized spacial score (nSPS) is 18.5. The summed E-state index contributed by atoms with van der Waals surface area (Å²) in [5.41, 5.74) is 2.00. The number of hydrogen-bond donors (Lipinski definition) is 1. The van der Waals surface area contributed by atoms with Crippen molar-refractivity contribution in [3.05, 3.63) is 36.3 Å². The van der Waals surface area contributed by atoms with Gasteiger partial charge in [0.2, 0.25) is 0 Å². The van der Waals surface area contributed by atoms with Crippen molar-refractivity contribution in [2.24, 2.45) is 0 Å². The van der Waals surface area contributed by atoms with Crippen molar-refractivity contribution in [3.63, 3.8) is 0 Å². The average Bonchev–Trinajstić information content (AvgIpc) is 3.25. The highest BCUT2D eigenvalue weighted by molar-refractivity contribution is 5.86. The Morgan fingerprint density at radius 2 is 1.94 bits per heavy atom. The summed E-state index contributed by atoms with van der Waals surface area (Å²) in [5, 5.41) is 15.7. The largest absolute Gasteiger partial charge is 0.504 e. The minimum absolute atomic E-state index is 0.189. The Labute approximate surface area is 181 Å². The molecule has 2 fully saturated rings. The maximum absolute atomic E-state index is 10.0. The van der Waals surface area contributed by atoms with E-state index >= 15 is 0 Å². The Bertz CT molecular complexity index is 1040. The highest BCUT2D eigenvalue weighted by Gasteiger charge is 2.25. The second-order valence-corrected chi connectivity index (χ2v) is 8.14. The van der Waals surface area contributed by atoms with Crippen LogP contribution in [0.2, 0.25) is 0 Å². The van der Waals surface area contributed by atoms with E-state index in [1.807, 2.05) is 18.3 Å². The molecule has 164 valence electrons. The molecule has 2 aliphatic rings. The number of aromatic hydroxyl groups is 1. The molecule has 31 heavy (non-hydrogen) atoms. The van der Waals surface area contributed by atoms with Crippen LogP contribution in [-0.2, 0) is 11.3 Å². The third-order valence-electron chi connectivity index (χ3n) is 6.23. The van der Waals surface area contributed by atoms with Crippen molar-refractivity contribution < 1.29 is 14.6 Å². The molecule has 0 radical (unpaired) electrons. The number of piperidine rings is 1. The Hall–Kier alpha value is -2.91. The summed E-state index contributed by atoms with van der Waals surface area (Å²) in [4.78, 5) is 13.8. The third kappa shape index (κ3) is 4.03. The van der Waals surface area contributed by atoms with Gasteiger partial charge in [0.15, 0.2) is 17.1 Å². The third-order valence-corrected chi connectivity index (χ3v) is 6.23. The monoisotopic (exact) mass is 424 g/mol. The van der Waals surface area contributed by atoms with Gasteiger partial charge >= 0.3 is 0 Å². The van der Waals surface area contributed by atoms with Crippen LogP contribution in [0.3, 0.4) is 0 Å². The molecule has 1 aromatic carbocycles. The number of ether oxygens (including phenoxy) is 2. The quantitative estimate of drug-likeness (QED) is 0.667. The van der Waals surface area contributed by atoms with Crippen molar-refractivity contribution in [2.45, 2.75) is 25.4 Å². The number of nitrogens with zero attached hydrogens (tertiary/aromatic N) is 6. The minimum atomic E-state index is 0.189. The molecule has 0 spiro atoms. The van der Waals surface area contributed by atoms with Crippen LogP contribution in [-0.4, -0.2) is 76.3 Å². The van der Waals surface area contributed by atoms with E-state index in [0.29, 0.717) is 11.8 Å². The van der Waals surface area contributed by atoms with E-state index in [2.05, 4.69) is 24.4 Å². The van der Waals surface area contributed by atoms with Crippen LogP contribution < -0.4 is 9.64 Å². The van der Waals surface area contributed by atoms with Crippen LogP contribution in [0.4, 0.5) is 5.82 Å². The molecule has 0 unspecified atom stereocenters. The van der Waals surface area contributed by atoms with Gasteiger partial charge in [0.05, 0.1) is 37.9 Å². The lowest BCUT2D eigenvalue weighted by Crippen LogP contribution is -2.37. The number of methoxy groups -OCH3 is 1. The molecule has 0 aliphatic carbocycles. The average molecular weight is 425 g/mol. The number of phenolic OH excluding ortho intramolecular Hbond substituents is 1. The first-order valence-electron chi connectivity index (χ1n) is 10.8. The molecule has 1 N–H and O–H groups in total. The van der Waals surface area contributed by atoms with Gasteiger partial charge in [0.25, 0.3) is 0 Å². The van der Waals surface area contributed by atoms with Crippen molar-refractivity contribution >= 4 is 16.9 Å². The van der Waals surface area contributed by atoms with Gasteiger partial charge < -0.3 is 19.5 Å². The summed E-state index contributed by atoms with van der Waals surface area (Å²) in [5.74, 6) is 1.65. The molecule has 2 aliphatic heterocycles. The van der Waals surface area contributed by atoms with Crippen LogP contribution >= 0.6 is 0 Å². The first-order valence-corrected chi connectivity index (χ1v) is 10.8. The number of aromatic nitrogens is 4. The summed E-state index contributed by atoms with van der Waals surface area (Å²) >= 11 is 0. The van der Waals surface area contributed by atoms with E-state index in [9.17, 15) is 5.11 Å². The number of benzene rings is 1. The Balaban J connectivity index is 1.27. The molecule has 2 aromatic heterocycles. The summed E-state index contributed by atoms with van der Waals surface area (Å²) in [6.45, 7) is 5.90. The number of hydrogen-bond acceptors (Lipinski definition) is 8. The standard InChI is InChI=1S/C22H28N6O3/c1-30-20-3-2-16(12-19(20)29)14-26-6-4-17(5-7-26)28-22-18(13-25-28)21(23-15-24-22)27-8-10-31-11-9-27/h2-3,12-13,15,17,29H,4-11,14H2,1H3. The van der Waals surface area contributed by atoms with E-state index in [1.165, 1.54) is 0 Å². The minimum Gasteiger partial charge on any atom is -0.504 e.